The van der Waals surface area contributed by atoms with Crippen molar-refractivity contribution in [2.45, 2.75) is 45.8 Å². The first kappa shape index (κ1) is 23.0. The van der Waals surface area contributed by atoms with Crippen molar-refractivity contribution in [3.05, 3.63) is 74.7 Å². The maximum Gasteiger partial charge on any atom is 0.332 e. The second-order valence-corrected chi connectivity index (χ2v) is 9.28. The lowest BCUT2D eigenvalue weighted by molar-refractivity contribution is 0.495. The van der Waals surface area contributed by atoms with E-state index in [-0.39, 0.29) is 18.1 Å². The minimum Gasteiger partial charge on any atom is -0.341 e. The zero-order valence-electron chi connectivity index (χ0n) is 20.4. The first-order chi connectivity index (χ1) is 16.9. The minimum atomic E-state index is -0.411. The number of imidazole rings is 1. The van der Waals surface area contributed by atoms with Gasteiger partial charge in [0.1, 0.15) is 0 Å². The molecule has 5 rings (SSSR count). The summed E-state index contributed by atoms with van der Waals surface area (Å²) in [7, 11) is 1.67. The lowest BCUT2D eigenvalue weighted by atomic mass is 10.1. The zero-order valence-corrected chi connectivity index (χ0v) is 20.4. The van der Waals surface area contributed by atoms with Crippen LogP contribution in [0.4, 0.5) is 5.95 Å². The molecule has 1 aliphatic heterocycles. The van der Waals surface area contributed by atoms with Crippen molar-refractivity contribution >= 4 is 27.9 Å². The number of hydrogen-bond donors (Lipinski definition) is 1. The molecule has 1 fully saturated rings. The Balaban J connectivity index is 1.71. The summed E-state index contributed by atoms with van der Waals surface area (Å²) < 4.78 is 4.64. The summed E-state index contributed by atoms with van der Waals surface area (Å²) in [6.07, 6.45) is 7.65. The molecule has 0 radical (unpaired) electrons. The van der Waals surface area contributed by atoms with E-state index in [4.69, 9.17) is 10.7 Å². The summed E-state index contributed by atoms with van der Waals surface area (Å²) in [5.74, 6) is 0.678. The van der Waals surface area contributed by atoms with Gasteiger partial charge in [-0.2, -0.15) is 4.98 Å². The maximum absolute atomic E-state index is 13.8. The van der Waals surface area contributed by atoms with E-state index in [9.17, 15) is 9.59 Å². The van der Waals surface area contributed by atoms with Gasteiger partial charge in [0.25, 0.3) is 5.56 Å². The van der Waals surface area contributed by atoms with Gasteiger partial charge in [0.15, 0.2) is 11.2 Å². The van der Waals surface area contributed by atoms with E-state index in [1.165, 1.54) is 9.13 Å². The van der Waals surface area contributed by atoms with E-state index in [2.05, 4.69) is 9.88 Å². The molecule has 0 saturated carbocycles. The molecule has 2 N–H and O–H groups in total. The van der Waals surface area contributed by atoms with Crippen molar-refractivity contribution in [2.24, 2.45) is 12.8 Å². The highest BCUT2D eigenvalue weighted by Crippen LogP contribution is 2.24. The van der Waals surface area contributed by atoms with Crippen molar-refractivity contribution in [3.8, 4) is 0 Å². The fourth-order valence-electron chi connectivity index (χ4n) is 4.98. The van der Waals surface area contributed by atoms with Gasteiger partial charge in [0, 0.05) is 44.3 Å². The third kappa shape index (κ3) is 3.95. The van der Waals surface area contributed by atoms with E-state index in [0.29, 0.717) is 35.9 Å². The highest BCUT2D eigenvalue weighted by Gasteiger charge is 2.26. The van der Waals surface area contributed by atoms with Crippen LogP contribution in [0.2, 0.25) is 0 Å². The van der Waals surface area contributed by atoms with Gasteiger partial charge in [-0.1, -0.05) is 36.4 Å². The van der Waals surface area contributed by atoms with Crippen LogP contribution >= 0.6 is 0 Å². The van der Waals surface area contributed by atoms with Gasteiger partial charge in [0.2, 0.25) is 5.95 Å². The summed E-state index contributed by atoms with van der Waals surface area (Å²) in [6.45, 7) is 5.99. The van der Waals surface area contributed by atoms with E-state index >= 15 is 0 Å². The maximum atomic E-state index is 13.8. The SMILES string of the molecule is C/C=C/Cn1c(N2CCC[C@@H](N)C2)nc2c1c(=O)n(Cc1ncc(C)c3ccccc13)c(=O)n2C. The second kappa shape index (κ2) is 9.14. The van der Waals surface area contributed by atoms with E-state index in [0.717, 1.165) is 35.7 Å². The Morgan fingerprint density at radius 3 is 2.69 bits per heavy atom. The van der Waals surface area contributed by atoms with E-state index in [1.54, 1.807) is 13.2 Å². The average molecular weight is 474 g/mol. The van der Waals surface area contributed by atoms with Crippen LogP contribution in [0.1, 0.15) is 31.0 Å². The number of anilines is 1. The lowest BCUT2D eigenvalue weighted by Crippen LogP contribution is -2.44. The van der Waals surface area contributed by atoms with Crippen LogP contribution in [-0.4, -0.2) is 42.8 Å². The van der Waals surface area contributed by atoms with Crippen molar-refractivity contribution < 1.29 is 0 Å². The Morgan fingerprint density at radius 2 is 1.94 bits per heavy atom. The highest BCUT2D eigenvalue weighted by atomic mass is 16.2. The molecule has 4 heterocycles. The van der Waals surface area contributed by atoms with Crippen LogP contribution in [0.25, 0.3) is 21.9 Å². The number of aryl methyl sites for hydroxylation is 2. The first-order valence-electron chi connectivity index (χ1n) is 12.1. The molecule has 1 saturated heterocycles. The molecule has 182 valence electrons. The molecule has 0 bridgehead atoms. The number of rotatable bonds is 5. The Labute approximate surface area is 203 Å². The monoisotopic (exact) mass is 473 g/mol. The van der Waals surface area contributed by atoms with Gasteiger partial charge in [-0.05, 0) is 37.6 Å². The van der Waals surface area contributed by atoms with Crippen LogP contribution in [0.15, 0.2) is 52.2 Å². The molecule has 0 aliphatic carbocycles. The topological polar surface area (TPSA) is 104 Å². The highest BCUT2D eigenvalue weighted by molar-refractivity contribution is 5.87. The van der Waals surface area contributed by atoms with Crippen LogP contribution in [-0.2, 0) is 20.1 Å². The Bertz CT molecular complexity index is 1560. The summed E-state index contributed by atoms with van der Waals surface area (Å²) >= 11 is 0. The van der Waals surface area contributed by atoms with Gasteiger partial charge < -0.3 is 15.2 Å². The quantitative estimate of drug-likeness (QED) is 0.446. The van der Waals surface area contributed by atoms with Crippen LogP contribution in [0.5, 0.6) is 0 Å². The zero-order chi connectivity index (χ0) is 24.7. The largest absolute Gasteiger partial charge is 0.341 e. The van der Waals surface area contributed by atoms with Crippen LogP contribution in [0.3, 0.4) is 0 Å². The smallest absolute Gasteiger partial charge is 0.332 e. The summed E-state index contributed by atoms with van der Waals surface area (Å²) in [4.78, 5) is 38.7. The van der Waals surface area contributed by atoms with Crippen molar-refractivity contribution in [1.29, 1.82) is 0 Å². The first-order valence-corrected chi connectivity index (χ1v) is 12.1. The summed E-state index contributed by atoms with van der Waals surface area (Å²) in [6, 6.07) is 7.98. The molecule has 1 aliphatic rings. The molecule has 1 aromatic carbocycles. The third-order valence-corrected chi connectivity index (χ3v) is 6.86. The predicted octanol–water partition coefficient (Wildman–Crippen LogP) is 2.31. The Hall–Kier alpha value is -3.72. The number of nitrogens with two attached hydrogens (primary N) is 1. The fourth-order valence-corrected chi connectivity index (χ4v) is 4.98. The van der Waals surface area contributed by atoms with Gasteiger partial charge in [-0.15, -0.1) is 0 Å². The van der Waals surface area contributed by atoms with Gasteiger partial charge in [0.05, 0.1) is 12.2 Å². The second-order valence-electron chi connectivity index (χ2n) is 9.28. The lowest BCUT2D eigenvalue weighted by Gasteiger charge is -2.31. The molecular formula is C26H31N7O2. The molecule has 1 atom stereocenters. The van der Waals surface area contributed by atoms with Crippen LogP contribution < -0.4 is 21.9 Å². The molecule has 35 heavy (non-hydrogen) atoms. The molecule has 3 aromatic heterocycles. The molecule has 9 heteroatoms. The van der Waals surface area contributed by atoms with E-state index in [1.807, 2.05) is 54.8 Å². The standard InChI is InChI=1S/C26H31N7O2/c1-4-5-13-32-22-23(29-25(32)31-12-8-9-18(27)15-31)30(3)26(35)33(24(22)34)16-21-20-11-7-6-10-19(20)17(2)14-28-21/h4-7,10-11,14,18H,8-9,12-13,15-16,27H2,1-3H3/b5-4+/t18-/m1/s1. The van der Waals surface area contributed by atoms with Crippen molar-refractivity contribution in [1.82, 2.24) is 23.7 Å². The number of fused-ring (bicyclic) bond motifs is 2. The number of nitrogens with zero attached hydrogens (tertiary/aromatic N) is 6. The summed E-state index contributed by atoms with van der Waals surface area (Å²) in [5.41, 5.74) is 8.00. The van der Waals surface area contributed by atoms with Gasteiger partial charge in [-0.25, -0.2) is 4.79 Å². The minimum absolute atomic E-state index is 0.0556. The molecular weight excluding hydrogens is 442 g/mol. The molecule has 4 aromatic rings. The Morgan fingerprint density at radius 1 is 1.17 bits per heavy atom. The molecule has 0 amide bonds. The predicted molar refractivity (Wildman–Crippen MR) is 139 cm³/mol. The van der Waals surface area contributed by atoms with Crippen molar-refractivity contribution in [3.63, 3.8) is 0 Å². The molecule has 9 nitrogen and oxygen atoms in total. The van der Waals surface area contributed by atoms with Crippen LogP contribution in [0, 0.1) is 6.92 Å². The number of benzene rings is 1. The van der Waals surface area contributed by atoms with Gasteiger partial charge in [-0.3, -0.25) is 18.9 Å². The number of pyridine rings is 1. The summed E-state index contributed by atoms with van der Waals surface area (Å²) in [5, 5.41) is 2.00. The average Bonchev–Trinajstić information content (AvgIpc) is 3.25. The number of piperidine rings is 1. The number of aromatic nitrogens is 5. The molecule has 0 unspecified atom stereocenters. The number of hydrogen-bond acceptors (Lipinski definition) is 6. The molecule has 0 spiro atoms. The Kier molecular flexibility index (Phi) is 6.02. The van der Waals surface area contributed by atoms with Crippen molar-refractivity contribution in [2.75, 3.05) is 18.0 Å². The normalized spacial score (nSPS) is 16.7. The van der Waals surface area contributed by atoms with Gasteiger partial charge >= 0.3 is 5.69 Å². The number of allylic oxidation sites excluding steroid dienone is 2. The third-order valence-electron chi connectivity index (χ3n) is 6.86. The fraction of sp³-hybridized carbons (Fsp3) is 0.385. The van der Waals surface area contributed by atoms with E-state index < -0.39 is 5.69 Å².